The van der Waals surface area contributed by atoms with Gasteiger partial charge >= 0.3 is 0 Å². The van der Waals surface area contributed by atoms with Crippen molar-refractivity contribution in [2.24, 2.45) is 0 Å². The third-order valence-corrected chi connectivity index (χ3v) is 5.72. The predicted molar refractivity (Wildman–Crippen MR) is 104 cm³/mol. The van der Waals surface area contributed by atoms with E-state index < -0.39 is 58.9 Å². The molecule has 31 heavy (non-hydrogen) atoms. The maximum atomic E-state index is 14.1. The van der Waals surface area contributed by atoms with Gasteiger partial charge in [-0.25, -0.2) is 13.2 Å². The Labute approximate surface area is 175 Å². The first-order chi connectivity index (χ1) is 14.7. The molecule has 164 valence electrons. The second-order valence-electron chi connectivity index (χ2n) is 7.89. The molecule has 2 aliphatic rings. The third-order valence-electron chi connectivity index (χ3n) is 5.72. The Bertz CT molecular complexity index is 1120. The summed E-state index contributed by atoms with van der Waals surface area (Å²) in [6.45, 7) is 1.35. The minimum atomic E-state index is -1.18. The molecule has 2 atom stereocenters. The Hall–Kier alpha value is -3.30. The fourth-order valence-corrected chi connectivity index (χ4v) is 4.11. The fraction of sp³-hybridized carbons (Fsp3) is 0.381. The molecule has 10 heteroatoms. The molecule has 0 saturated carbocycles. The standard InChI is InChI=1S/C21H20F3N3O4/c1-10-4-15(23)13(16(24)5-10)7-25-20(30)14-9-27-12-6-11(22)2-3-26(8-12)21(31)17(27)19(29)18(14)28/h4-5,9,11-12,29H,2-3,6-8H2,1H3,(H,25,30)/t11-,12+/m1/s1. The molecule has 1 aromatic heterocycles. The van der Waals surface area contributed by atoms with E-state index in [2.05, 4.69) is 5.32 Å². The maximum Gasteiger partial charge on any atom is 0.274 e. The SMILES string of the molecule is Cc1cc(F)c(CNC(=O)c2cn3c(c(O)c2=O)C(=O)N2CC[C@@H](F)C[C@H]3C2)c(F)c1. The summed E-state index contributed by atoms with van der Waals surface area (Å²) >= 11 is 0. The lowest BCUT2D eigenvalue weighted by atomic mass is 10.0. The van der Waals surface area contributed by atoms with Crippen LogP contribution in [-0.4, -0.2) is 45.6 Å². The highest BCUT2D eigenvalue weighted by atomic mass is 19.1. The molecule has 2 aromatic rings. The molecule has 1 saturated heterocycles. The van der Waals surface area contributed by atoms with Crippen LogP contribution in [-0.2, 0) is 6.54 Å². The Kier molecular flexibility index (Phi) is 5.24. The highest BCUT2D eigenvalue weighted by Crippen LogP contribution is 2.32. The second-order valence-corrected chi connectivity index (χ2v) is 7.89. The molecule has 0 unspecified atom stereocenters. The Morgan fingerprint density at radius 2 is 1.94 bits per heavy atom. The zero-order valence-electron chi connectivity index (χ0n) is 16.6. The first-order valence-electron chi connectivity index (χ1n) is 9.81. The van der Waals surface area contributed by atoms with Crippen LogP contribution in [0.15, 0.2) is 23.1 Å². The normalized spacial score (nSPS) is 20.3. The number of nitrogens with zero attached hydrogens (tertiary/aromatic N) is 2. The Morgan fingerprint density at radius 1 is 1.26 bits per heavy atom. The van der Waals surface area contributed by atoms with Gasteiger partial charge in [0.25, 0.3) is 11.8 Å². The van der Waals surface area contributed by atoms with Crippen molar-refractivity contribution < 1.29 is 27.9 Å². The molecule has 2 bridgehead atoms. The second kappa shape index (κ2) is 7.75. The zero-order chi connectivity index (χ0) is 22.4. The van der Waals surface area contributed by atoms with Crippen molar-refractivity contribution in [3.05, 3.63) is 62.6 Å². The number of amides is 2. The number of carbonyl (C=O) groups excluding carboxylic acids is 2. The van der Waals surface area contributed by atoms with Crippen molar-refractivity contribution in [2.45, 2.75) is 38.5 Å². The topological polar surface area (TPSA) is 91.6 Å². The van der Waals surface area contributed by atoms with E-state index in [0.29, 0.717) is 5.56 Å². The van der Waals surface area contributed by atoms with E-state index in [1.807, 2.05) is 0 Å². The van der Waals surface area contributed by atoms with Crippen molar-refractivity contribution >= 4 is 11.8 Å². The number of pyridine rings is 1. The highest BCUT2D eigenvalue weighted by molar-refractivity contribution is 5.99. The van der Waals surface area contributed by atoms with Crippen LogP contribution in [0.4, 0.5) is 13.2 Å². The molecular formula is C21H20F3N3O4. The first-order valence-corrected chi connectivity index (χ1v) is 9.81. The molecule has 0 spiro atoms. The average Bonchev–Trinajstić information content (AvgIpc) is 2.87. The van der Waals surface area contributed by atoms with Gasteiger partial charge in [-0.05, 0) is 31.0 Å². The van der Waals surface area contributed by atoms with Gasteiger partial charge in [-0.15, -0.1) is 0 Å². The summed E-state index contributed by atoms with van der Waals surface area (Å²) in [5.41, 5.74) is -1.89. The first kappa shape index (κ1) is 21.0. The fourth-order valence-electron chi connectivity index (χ4n) is 4.11. The number of carbonyl (C=O) groups is 2. The van der Waals surface area contributed by atoms with Gasteiger partial charge in [0.05, 0.1) is 6.04 Å². The van der Waals surface area contributed by atoms with Crippen LogP contribution in [0.1, 0.15) is 50.9 Å². The summed E-state index contributed by atoms with van der Waals surface area (Å²) in [5.74, 6) is -4.19. The largest absolute Gasteiger partial charge is 0.503 e. The molecule has 4 rings (SSSR count). The monoisotopic (exact) mass is 435 g/mol. The summed E-state index contributed by atoms with van der Waals surface area (Å²) in [7, 11) is 0. The molecule has 1 aromatic carbocycles. The van der Waals surface area contributed by atoms with Crippen molar-refractivity contribution in [1.82, 2.24) is 14.8 Å². The smallest absolute Gasteiger partial charge is 0.274 e. The van der Waals surface area contributed by atoms with Gasteiger partial charge in [-0.2, -0.15) is 0 Å². The van der Waals surface area contributed by atoms with Crippen LogP contribution in [0, 0.1) is 18.6 Å². The summed E-state index contributed by atoms with van der Waals surface area (Å²) in [4.78, 5) is 39.2. The van der Waals surface area contributed by atoms with E-state index in [1.165, 1.54) is 16.4 Å². The molecule has 1 fully saturated rings. The van der Waals surface area contributed by atoms with Crippen LogP contribution in [0.5, 0.6) is 5.75 Å². The number of hydrogen-bond donors (Lipinski definition) is 2. The minimum absolute atomic E-state index is 0.0555. The number of aromatic nitrogens is 1. The van der Waals surface area contributed by atoms with Gasteiger partial charge in [0.15, 0.2) is 11.4 Å². The highest BCUT2D eigenvalue weighted by Gasteiger charge is 2.38. The van der Waals surface area contributed by atoms with E-state index in [0.717, 1.165) is 18.3 Å². The van der Waals surface area contributed by atoms with E-state index in [9.17, 15) is 32.7 Å². The van der Waals surface area contributed by atoms with Gasteiger partial charge in [0.2, 0.25) is 5.43 Å². The van der Waals surface area contributed by atoms with Crippen LogP contribution in [0.25, 0.3) is 0 Å². The number of alkyl halides is 1. The molecule has 2 N–H and O–H groups in total. The molecule has 0 radical (unpaired) electrons. The van der Waals surface area contributed by atoms with E-state index in [1.54, 1.807) is 0 Å². The number of aromatic hydroxyl groups is 1. The summed E-state index contributed by atoms with van der Waals surface area (Å²) in [6.07, 6.45) is 0.120. The van der Waals surface area contributed by atoms with E-state index >= 15 is 0 Å². The van der Waals surface area contributed by atoms with Crippen LogP contribution in [0.3, 0.4) is 0 Å². The van der Waals surface area contributed by atoms with Crippen molar-refractivity contribution in [3.63, 3.8) is 0 Å². The molecule has 2 aliphatic heterocycles. The van der Waals surface area contributed by atoms with Crippen LogP contribution >= 0.6 is 0 Å². The lowest BCUT2D eigenvalue weighted by Gasteiger charge is -2.34. The summed E-state index contributed by atoms with van der Waals surface area (Å²) in [6, 6.07) is 1.66. The molecular weight excluding hydrogens is 415 g/mol. The zero-order valence-corrected chi connectivity index (χ0v) is 16.6. The Morgan fingerprint density at radius 3 is 2.61 bits per heavy atom. The van der Waals surface area contributed by atoms with E-state index in [-0.39, 0.29) is 37.2 Å². The average molecular weight is 435 g/mol. The number of benzene rings is 1. The lowest BCUT2D eigenvalue weighted by molar-refractivity contribution is 0.0677. The van der Waals surface area contributed by atoms with E-state index in [4.69, 9.17) is 0 Å². The molecule has 3 heterocycles. The Balaban J connectivity index is 1.68. The van der Waals surface area contributed by atoms with Gasteiger partial charge in [-0.3, -0.25) is 14.4 Å². The van der Waals surface area contributed by atoms with Crippen LogP contribution < -0.4 is 10.7 Å². The minimum Gasteiger partial charge on any atom is -0.503 e. The summed E-state index contributed by atoms with van der Waals surface area (Å²) < 4.78 is 43.4. The number of halogens is 3. The van der Waals surface area contributed by atoms with Gasteiger partial charge < -0.3 is 19.9 Å². The predicted octanol–water partition coefficient (Wildman–Crippen LogP) is 2.20. The molecule has 7 nitrogen and oxygen atoms in total. The van der Waals surface area contributed by atoms with Crippen molar-refractivity contribution in [3.8, 4) is 5.75 Å². The van der Waals surface area contributed by atoms with Gasteiger partial charge in [0, 0.05) is 37.8 Å². The summed E-state index contributed by atoms with van der Waals surface area (Å²) in [5, 5.41) is 12.7. The van der Waals surface area contributed by atoms with Crippen LogP contribution in [0.2, 0.25) is 0 Å². The van der Waals surface area contributed by atoms with Crippen molar-refractivity contribution in [2.75, 3.05) is 13.1 Å². The third kappa shape index (κ3) is 3.66. The van der Waals surface area contributed by atoms with Gasteiger partial charge in [0.1, 0.15) is 23.4 Å². The number of hydrogen-bond acceptors (Lipinski definition) is 4. The molecule has 2 amide bonds. The number of fused-ring (bicyclic) bond motifs is 4. The van der Waals surface area contributed by atoms with Crippen molar-refractivity contribution in [1.29, 1.82) is 0 Å². The lowest BCUT2D eigenvalue weighted by Crippen LogP contribution is -2.44. The number of rotatable bonds is 3. The number of nitrogens with one attached hydrogen (secondary N) is 1. The number of aryl methyl sites for hydroxylation is 1. The maximum absolute atomic E-state index is 14.1. The van der Waals surface area contributed by atoms with Gasteiger partial charge in [-0.1, -0.05) is 0 Å². The molecule has 0 aliphatic carbocycles. The quantitative estimate of drug-likeness (QED) is 0.774.